The van der Waals surface area contributed by atoms with Crippen molar-refractivity contribution >= 4 is 5.97 Å². The third-order valence-corrected chi connectivity index (χ3v) is 1.23. The maximum absolute atomic E-state index is 9.86. The minimum absolute atomic E-state index is 0. The molecule has 0 fully saturated rings. The predicted molar refractivity (Wildman–Crippen MR) is 41.6 cm³/mol. The van der Waals surface area contributed by atoms with Crippen LogP contribution >= 0.6 is 0 Å². The van der Waals surface area contributed by atoms with Crippen molar-refractivity contribution in [2.45, 2.75) is 19.8 Å². The van der Waals surface area contributed by atoms with Crippen molar-refractivity contribution in [2.24, 2.45) is 0 Å². The van der Waals surface area contributed by atoms with E-state index in [2.05, 4.69) is 11.7 Å². The number of rotatable bonds is 8. The molecule has 0 aromatic heterocycles. The molecule has 0 saturated carbocycles. The van der Waals surface area contributed by atoms with Crippen LogP contribution in [-0.4, -0.2) is 32.4 Å². The van der Waals surface area contributed by atoms with E-state index in [0.717, 1.165) is 12.8 Å². The first-order valence-electron chi connectivity index (χ1n) is 4.12. The second-order valence-electron chi connectivity index (χ2n) is 2.39. The average Bonchev–Trinajstić information content (AvgIpc) is 2.02. The van der Waals surface area contributed by atoms with Crippen molar-refractivity contribution < 1.29 is 48.9 Å². The van der Waals surface area contributed by atoms with Gasteiger partial charge in [0.1, 0.15) is 0 Å². The number of carbonyl (C=O) groups excluding carboxylic acids is 1. The second kappa shape index (κ2) is 12.4. The summed E-state index contributed by atoms with van der Waals surface area (Å²) in [6.45, 7) is 3.21. The fraction of sp³-hybridized carbons (Fsp3) is 0.875. The Morgan fingerprint density at radius 3 is 2.38 bits per heavy atom. The molecule has 0 aromatic carbocycles. The maximum Gasteiger partial charge on any atom is 1.00 e. The Morgan fingerprint density at radius 1 is 1.23 bits per heavy atom. The molecule has 0 amide bonds. The van der Waals surface area contributed by atoms with Crippen molar-refractivity contribution in [3.8, 4) is 0 Å². The van der Waals surface area contributed by atoms with Crippen LogP contribution in [0.1, 0.15) is 19.8 Å². The number of aliphatic carboxylic acids is 1. The standard InChI is InChI=1S/C8H16O4.Na/c1-2-3-4-11-5-6-12-7-8(9)10;/h2-7H2,1H3,(H,9,10);/q;+1/p-1. The Morgan fingerprint density at radius 2 is 1.85 bits per heavy atom. The average molecular weight is 198 g/mol. The molecule has 0 aliphatic rings. The second-order valence-corrected chi connectivity index (χ2v) is 2.39. The molecule has 0 spiro atoms. The van der Waals surface area contributed by atoms with Crippen LogP contribution in [0.3, 0.4) is 0 Å². The topological polar surface area (TPSA) is 58.6 Å². The van der Waals surface area contributed by atoms with Crippen molar-refractivity contribution in [3.63, 3.8) is 0 Å². The molecule has 0 saturated heterocycles. The number of hydrogen-bond acceptors (Lipinski definition) is 4. The van der Waals surface area contributed by atoms with E-state index in [4.69, 9.17) is 4.74 Å². The molecule has 0 N–H and O–H groups in total. The molecule has 0 aliphatic carbocycles. The Kier molecular flexibility index (Phi) is 15.1. The van der Waals surface area contributed by atoms with Crippen molar-refractivity contribution in [1.29, 1.82) is 0 Å². The molecule has 0 aromatic rings. The summed E-state index contributed by atoms with van der Waals surface area (Å²) in [5, 5.41) is 9.86. The summed E-state index contributed by atoms with van der Waals surface area (Å²) in [6.07, 6.45) is 2.13. The van der Waals surface area contributed by atoms with Gasteiger partial charge < -0.3 is 19.4 Å². The fourth-order valence-corrected chi connectivity index (χ4v) is 0.622. The summed E-state index contributed by atoms with van der Waals surface area (Å²) in [7, 11) is 0. The number of unbranched alkanes of at least 4 members (excludes halogenated alkanes) is 1. The molecule has 5 heteroatoms. The molecule has 0 bridgehead atoms. The normalized spacial score (nSPS) is 9.31. The Labute approximate surface area is 101 Å². The molecule has 0 radical (unpaired) electrons. The number of ether oxygens (including phenoxy) is 2. The van der Waals surface area contributed by atoms with Crippen LogP contribution in [0.5, 0.6) is 0 Å². The summed E-state index contributed by atoms with van der Waals surface area (Å²) >= 11 is 0. The predicted octanol–water partition coefficient (Wildman–Crippen LogP) is -3.43. The summed E-state index contributed by atoms with van der Waals surface area (Å²) in [4.78, 5) is 9.86. The first-order valence-corrected chi connectivity index (χ1v) is 4.12. The maximum atomic E-state index is 9.86. The van der Waals surface area contributed by atoms with Gasteiger partial charge in [-0.15, -0.1) is 0 Å². The quantitative estimate of drug-likeness (QED) is 0.301. The molecular weight excluding hydrogens is 183 g/mol. The van der Waals surface area contributed by atoms with Crippen molar-refractivity contribution in [3.05, 3.63) is 0 Å². The van der Waals surface area contributed by atoms with E-state index in [1.807, 2.05) is 0 Å². The van der Waals surface area contributed by atoms with Gasteiger partial charge in [0.25, 0.3) is 0 Å². The Bertz CT molecular complexity index is 119. The number of hydrogen-bond donors (Lipinski definition) is 0. The zero-order chi connectivity index (χ0) is 9.23. The van der Waals surface area contributed by atoms with E-state index in [0.29, 0.717) is 19.8 Å². The third kappa shape index (κ3) is 15.2. The van der Waals surface area contributed by atoms with Crippen LogP contribution in [0.15, 0.2) is 0 Å². The molecular formula is C8H15NaO4. The van der Waals surface area contributed by atoms with Gasteiger partial charge in [-0.25, -0.2) is 0 Å². The SMILES string of the molecule is CCCCOCCOCC(=O)[O-].[Na+]. The minimum Gasteiger partial charge on any atom is -0.548 e. The monoisotopic (exact) mass is 198 g/mol. The van der Waals surface area contributed by atoms with Crippen LogP contribution in [0.4, 0.5) is 0 Å². The Hall–Kier alpha value is 0.390. The van der Waals surface area contributed by atoms with Gasteiger partial charge in [-0.05, 0) is 6.42 Å². The number of carbonyl (C=O) groups is 1. The van der Waals surface area contributed by atoms with E-state index in [1.54, 1.807) is 0 Å². The molecule has 72 valence electrons. The van der Waals surface area contributed by atoms with Gasteiger partial charge in [0.05, 0.1) is 25.8 Å². The molecule has 0 rings (SSSR count). The van der Waals surface area contributed by atoms with Gasteiger partial charge in [0.15, 0.2) is 0 Å². The zero-order valence-corrected chi connectivity index (χ0v) is 10.4. The Balaban J connectivity index is 0. The van der Waals surface area contributed by atoms with E-state index >= 15 is 0 Å². The van der Waals surface area contributed by atoms with Crippen LogP contribution < -0.4 is 34.7 Å². The summed E-state index contributed by atoms with van der Waals surface area (Å²) in [5.74, 6) is -1.19. The van der Waals surface area contributed by atoms with E-state index in [-0.39, 0.29) is 36.2 Å². The summed E-state index contributed by atoms with van der Waals surface area (Å²) < 4.78 is 9.81. The van der Waals surface area contributed by atoms with Crippen LogP contribution in [-0.2, 0) is 14.3 Å². The molecule has 0 heterocycles. The van der Waals surface area contributed by atoms with Gasteiger partial charge in [-0.3, -0.25) is 0 Å². The van der Waals surface area contributed by atoms with E-state index in [1.165, 1.54) is 0 Å². The molecule has 0 aliphatic heterocycles. The number of carboxylic acids is 1. The van der Waals surface area contributed by atoms with Crippen LogP contribution in [0.2, 0.25) is 0 Å². The van der Waals surface area contributed by atoms with E-state index in [9.17, 15) is 9.90 Å². The minimum atomic E-state index is -1.19. The van der Waals surface area contributed by atoms with E-state index < -0.39 is 5.97 Å². The molecule has 0 unspecified atom stereocenters. The van der Waals surface area contributed by atoms with Crippen molar-refractivity contribution in [1.82, 2.24) is 0 Å². The molecule has 0 atom stereocenters. The molecule has 13 heavy (non-hydrogen) atoms. The first-order chi connectivity index (χ1) is 5.77. The number of carboxylic acid groups (broad SMARTS) is 1. The van der Waals surface area contributed by atoms with Crippen LogP contribution in [0, 0.1) is 0 Å². The summed E-state index contributed by atoms with van der Waals surface area (Å²) in [5.41, 5.74) is 0. The van der Waals surface area contributed by atoms with Gasteiger partial charge >= 0.3 is 29.6 Å². The van der Waals surface area contributed by atoms with Gasteiger partial charge in [-0.1, -0.05) is 13.3 Å². The van der Waals surface area contributed by atoms with Crippen LogP contribution in [0.25, 0.3) is 0 Å². The fourth-order valence-electron chi connectivity index (χ4n) is 0.622. The molecule has 4 nitrogen and oxygen atoms in total. The largest absolute Gasteiger partial charge is 1.00 e. The zero-order valence-electron chi connectivity index (χ0n) is 8.38. The van der Waals surface area contributed by atoms with Crippen molar-refractivity contribution in [2.75, 3.05) is 26.4 Å². The smallest absolute Gasteiger partial charge is 0.548 e. The van der Waals surface area contributed by atoms with Gasteiger partial charge in [-0.2, -0.15) is 0 Å². The summed E-state index contributed by atoms with van der Waals surface area (Å²) in [6, 6.07) is 0. The van der Waals surface area contributed by atoms with Gasteiger partial charge in [0.2, 0.25) is 0 Å². The third-order valence-electron chi connectivity index (χ3n) is 1.23. The van der Waals surface area contributed by atoms with Gasteiger partial charge in [0, 0.05) is 6.61 Å². The first kappa shape index (κ1) is 15.8.